The fraction of sp³-hybridized carbons (Fsp3) is 0.133. The van der Waals surface area contributed by atoms with Gasteiger partial charge in [-0.25, -0.2) is 0 Å². The van der Waals surface area contributed by atoms with Crippen molar-refractivity contribution in [3.8, 4) is 0 Å². The Morgan fingerprint density at radius 1 is 1.15 bits per heavy atom. The maximum absolute atomic E-state index is 12.3. The molecule has 0 aliphatic heterocycles. The quantitative estimate of drug-likeness (QED) is 0.664. The molecule has 1 N–H and O–H groups in total. The fourth-order valence-corrected chi connectivity index (χ4v) is 3.26. The summed E-state index contributed by atoms with van der Waals surface area (Å²) in [6, 6.07) is 9.17. The Kier molecular flexibility index (Phi) is 4.89. The van der Waals surface area contributed by atoms with E-state index in [1.54, 1.807) is 18.2 Å². The third kappa shape index (κ3) is 3.43. The van der Waals surface area contributed by atoms with Gasteiger partial charge in [-0.05, 0) is 65.2 Å². The normalized spacial score (nSPS) is 10.4. The molecule has 0 aliphatic rings. The number of benzene rings is 2. The van der Waals surface area contributed by atoms with E-state index in [1.807, 2.05) is 26.0 Å². The average molecular weight is 418 g/mol. The molecular formula is C15H12Br2ClNO. The zero-order valence-corrected chi connectivity index (χ0v) is 14.9. The highest BCUT2D eigenvalue weighted by molar-refractivity contribution is 9.10. The van der Waals surface area contributed by atoms with Gasteiger partial charge in [0.1, 0.15) is 0 Å². The first-order chi connectivity index (χ1) is 9.38. The van der Waals surface area contributed by atoms with Crippen LogP contribution in [0.25, 0.3) is 0 Å². The average Bonchev–Trinajstić information content (AvgIpc) is 2.36. The second kappa shape index (κ2) is 6.29. The molecule has 0 fully saturated rings. The lowest BCUT2D eigenvalue weighted by Crippen LogP contribution is -2.14. The van der Waals surface area contributed by atoms with E-state index in [4.69, 9.17) is 11.6 Å². The van der Waals surface area contributed by atoms with Gasteiger partial charge in [-0.3, -0.25) is 4.79 Å². The minimum Gasteiger partial charge on any atom is -0.321 e. The fourth-order valence-electron chi connectivity index (χ4n) is 1.93. The standard InChI is InChI=1S/C15H12Br2ClNO/c1-8-5-9(2)14(12(17)6-8)19-15(20)11-7-10(16)3-4-13(11)18/h3-7H,1-2H3,(H,19,20). The third-order valence-corrected chi connectivity index (χ3v) is 4.29. The molecule has 0 spiro atoms. The topological polar surface area (TPSA) is 29.1 Å². The first-order valence-electron chi connectivity index (χ1n) is 5.91. The maximum Gasteiger partial charge on any atom is 0.257 e. The van der Waals surface area contributed by atoms with Crippen LogP contribution in [0.15, 0.2) is 39.3 Å². The van der Waals surface area contributed by atoms with Gasteiger partial charge < -0.3 is 5.32 Å². The van der Waals surface area contributed by atoms with E-state index in [2.05, 4.69) is 37.2 Å². The molecule has 0 radical (unpaired) electrons. The van der Waals surface area contributed by atoms with Crippen molar-refractivity contribution >= 4 is 55.1 Å². The van der Waals surface area contributed by atoms with Gasteiger partial charge in [-0.2, -0.15) is 0 Å². The lowest BCUT2D eigenvalue weighted by Gasteiger charge is -2.12. The van der Waals surface area contributed by atoms with Crippen molar-refractivity contribution in [2.75, 3.05) is 5.32 Å². The first kappa shape index (κ1) is 15.5. The van der Waals surface area contributed by atoms with E-state index in [0.29, 0.717) is 10.6 Å². The number of aryl methyl sites for hydroxylation is 2. The highest BCUT2D eigenvalue weighted by atomic mass is 79.9. The van der Waals surface area contributed by atoms with E-state index in [-0.39, 0.29) is 5.91 Å². The van der Waals surface area contributed by atoms with Gasteiger partial charge in [0.05, 0.1) is 16.3 Å². The van der Waals surface area contributed by atoms with Crippen molar-refractivity contribution in [1.82, 2.24) is 0 Å². The molecule has 0 aliphatic carbocycles. The number of carbonyl (C=O) groups excluding carboxylic acids is 1. The number of nitrogens with one attached hydrogen (secondary N) is 1. The number of rotatable bonds is 2. The van der Waals surface area contributed by atoms with Gasteiger partial charge in [0.25, 0.3) is 5.91 Å². The molecule has 0 bridgehead atoms. The predicted octanol–water partition coefficient (Wildman–Crippen LogP) is 5.73. The zero-order chi connectivity index (χ0) is 14.9. The van der Waals surface area contributed by atoms with Crippen LogP contribution in [0, 0.1) is 13.8 Å². The van der Waals surface area contributed by atoms with E-state index >= 15 is 0 Å². The van der Waals surface area contributed by atoms with Gasteiger partial charge in [-0.15, -0.1) is 0 Å². The Morgan fingerprint density at radius 2 is 1.85 bits per heavy atom. The number of anilines is 1. The van der Waals surface area contributed by atoms with Crippen molar-refractivity contribution in [3.63, 3.8) is 0 Å². The molecule has 0 atom stereocenters. The molecular weight excluding hydrogens is 405 g/mol. The largest absolute Gasteiger partial charge is 0.321 e. The third-order valence-electron chi connectivity index (χ3n) is 2.84. The summed E-state index contributed by atoms with van der Waals surface area (Å²) >= 11 is 12.9. The minimum absolute atomic E-state index is 0.232. The van der Waals surface area contributed by atoms with Crippen LogP contribution >= 0.6 is 43.5 Å². The monoisotopic (exact) mass is 415 g/mol. The lowest BCUT2D eigenvalue weighted by molar-refractivity contribution is 0.102. The van der Waals surface area contributed by atoms with Gasteiger partial charge in [0, 0.05) is 8.95 Å². The summed E-state index contributed by atoms with van der Waals surface area (Å²) in [5.74, 6) is -0.232. The molecule has 0 saturated heterocycles. The summed E-state index contributed by atoms with van der Waals surface area (Å²) in [6.07, 6.45) is 0. The Hall–Kier alpha value is -0.840. The maximum atomic E-state index is 12.3. The summed E-state index contributed by atoms with van der Waals surface area (Å²) in [7, 11) is 0. The zero-order valence-electron chi connectivity index (χ0n) is 10.9. The summed E-state index contributed by atoms with van der Waals surface area (Å²) < 4.78 is 1.67. The molecule has 20 heavy (non-hydrogen) atoms. The SMILES string of the molecule is Cc1cc(C)c(NC(=O)c2cc(Br)ccc2Cl)c(Br)c1. The number of hydrogen-bond donors (Lipinski definition) is 1. The molecule has 104 valence electrons. The molecule has 5 heteroatoms. The van der Waals surface area contributed by atoms with Crippen LogP contribution in [-0.2, 0) is 0 Å². The summed E-state index contributed by atoms with van der Waals surface area (Å²) in [6.45, 7) is 3.96. The van der Waals surface area contributed by atoms with E-state index in [0.717, 1.165) is 25.8 Å². The molecule has 2 aromatic carbocycles. The van der Waals surface area contributed by atoms with Gasteiger partial charge in [0.15, 0.2) is 0 Å². The Balaban J connectivity index is 2.35. The molecule has 2 nitrogen and oxygen atoms in total. The molecule has 0 unspecified atom stereocenters. The number of amides is 1. The second-order valence-corrected chi connectivity index (χ2v) is 6.69. The van der Waals surface area contributed by atoms with Crippen molar-refractivity contribution in [2.45, 2.75) is 13.8 Å². The molecule has 0 saturated carbocycles. The van der Waals surface area contributed by atoms with Gasteiger partial charge in [0.2, 0.25) is 0 Å². The summed E-state index contributed by atoms with van der Waals surface area (Å²) in [5.41, 5.74) is 3.33. The molecule has 2 rings (SSSR count). The van der Waals surface area contributed by atoms with Crippen molar-refractivity contribution in [1.29, 1.82) is 0 Å². The summed E-state index contributed by atoms with van der Waals surface area (Å²) in [5, 5.41) is 3.32. The molecule has 2 aromatic rings. The van der Waals surface area contributed by atoms with Gasteiger partial charge in [-0.1, -0.05) is 33.6 Å². The van der Waals surface area contributed by atoms with Crippen LogP contribution in [0.5, 0.6) is 0 Å². The molecule has 0 heterocycles. The van der Waals surface area contributed by atoms with Gasteiger partial charge >= 0.3 is 0 Å². The van der Waals surface area contributed by atoms with Crippen LogP contribution in [0.1, 0.15) is 21.5 Å². The van der Waals surface area contributed by atoms with Crippen molar-refractivity contribution in [3.05, 3.63) is 61.0 Å². The highest BCUT2D eigenvalue weighted by Crippen LogP contribution is 2.29. The Morgan fingerprint density at radius 3 is 2.50 bits per heavy atom. The van der Waals surface area contributed by atoms with Crippen molar-refractivity contribution in [2.24, 2.45) is 0 Å². The number of carbonyl (C=O) groups is 1. The molecule has 1 amide bonds. The lowest BCUT2D eigenvalue weighted by atomic mass is 10.1. The van der Waals surface area contributed by atoms with E-state index in [1.165, 1.54) is 0 Å². The van der Waals surface area contributed by atoms with Crippen LogP contribution in [0.3, 0.4) is 0 Å². The second-order valence-electron chi connectivity index (χ2n) is 4.52. The Bertz CT molecular complexity index is 663. The summed E-state index contributed by atoms with van der Waals surface area (Å²) in [4.78, 5) is 12.3. The number of hydrogen-bond acceptors (Lipinski definition) is 1. The minimum atomic E-state index is -0.232. The van der Waals surface area contributed by atoms with E-state index in [9.17, 15) is 4.79 Å². The van der Waals surface area contributed by atoms with Crippen LogP contribution in [-0.4, -0.2) is 5.91 Å². The smallest absolute Gasteiger partial charge is 0.257 e. The first-order valence-corrected chi connectivity index (χ1v) is 7.88. The van der Waals surface area contributed by atoms with Crippen molar-refractivity contribution < 1.29 is 4.79 Å². The van der Waals surface area contributed by atoms with Crippen LogP contribution < -0.4 is 5.32 Å². The Labute approximate surface area is 139 Å². The van der Waals surface area contributed by atoms with E-state index < -0.39 is 0 Å². The molecule has 0 aromatic heterocycles. The van der Waals surface area contributed by atoms with Crippen LogP contribution in [0.2, 0.25) is 5.02 Å². The highest BCUT2D eigenvalue weighted by Gasteiger charge is 2.14. The predicted molar refractivity (Wildman–Crippen MR) is 90.7 cm³/mol. The number of halogens is 3. The van der Waals surface area contributed by atoms with Crippen LogP contribution in [0.4, 0.5) is 5.69 Å².